The zero-order chi connectivity index (χ0) is 14.9. The van der Waals surface area contributed by atoms with Crippen molar-refractivity contribution < 1.29 is 9.90 Å². The van der Waals surface area contributed by atoms with Gasteiger partial charge in [0.15, 0.2) is 0 Å². The first-order valence-corrected chi connectivity index (χ1v) is 7.31. The van der Waals surface area contributed by atoms with E-state index in [0.717, 1.165) is 17.5 Å². The van der Waals surface area contributed by atoms with Gasteiger partial charge in [0, 0.05) is 10.6 Å². The van der Waals surface area contributed by atoms with Crippen molar-refractivity contribution in [3.8, 4) is 0 Å². The maximum absolute atomic E-state index is 12.1. The summed E-state index contributed by atoms with van der Waals surface area (Å²) in [6.45, 7) is 0.214. The molecule has 1 amide bonds. The fourth-order valence-electron chi connectivity index (χ4n) is 2.78. The van der Waals surface area contributed by atoms with E-state index in [-0.39, 0.29) is 12.5 Å². The predicted octanol–water partition coefficient (Wildman–Crippen LogP) is 2.90. The summed E-state index contributed by atoms with van der Waals surface area (Å²) >= 11 is 5.80. The molecule has 0 bridgehead atoms. The van der Waals surface area contributed by atoms with Gasteiger partial charge in [-0.1, -0.05) is 35.9 Å². The summed E-state index contributed by atoms with van der Waals surface area (Å²) < 4.78 is 0. The van der Waals surface area contributed by atoms with Crippen LogP contribution in [0, 0.1) is 0 Å². The lowest BCUT2D eigenvalue weighted by Crippen LogP contribution is -2.39. The molecule has 0 heterocycles. The standard InChI is InChI=1S/C17H16ClNO2/c18-14-7-5-13(6-8-14)16(20)19-11-17(21)10-9-12-3-1-2-4-15(12)17/h1-8,21H,9-11H2,(H,19,20)/t17-/m0/s1. The van der Waals surface area contributed by atoms with E-state index in [4.69, 9.17) is 11.6 Å². The van der Waals surface area contributed by atoms with E-state index in [1.807, 2.05) is 24.3 Å². The lowest BCUT2D eigenvalue weighted by atomic mass is 9.96. The lowest BCUT2D eigenvalue weighted by molar-refractivity contribution is 0.0369. The highest BCUT2D eigenvalue weighted by molar-refractivity contribution is 6.30. The molecule has 1 atom stereocenters. The van der Waals surface area contributed by atoms with Crippen LogP contribution in [0.5, 0.6) is 0 Å². The average molecular weight is 302 g/mol. The van der Waals surface area contributed by atoms with Crippen molar-refractivity contribution in [3.63, 3.8) is 0 Å². The Kier molecular flexibility index (Phi) is 3.70. The maximum Gasteiger partial charge on any atom is 0.251 e. The smallest absolute Gasteiger partial charge is 0.251 e. The highest BCUT2D eigenvalue weighted by Crippen LogP contribution is 2.36. The van der Waals surface area contributed by atoms with Gasteiger partial charge in [-0.3, -0.25) is 4.79 Å². The van der Waals surface area contributed by atoms with Gasteiger partial charge in [0.25, 0.3) is 5.91 Å². The molecule has 1 aliphatic rings. The molecular formula is C17H16ClNO2. The minimum Gasteiger partial charge on any atom is -0.383 e. The first-order valence-electron chi connectivity index (χ1n) is 6.93. The van der Waals surface area contributed by atoms with Gasteiger partial charge >= 0.3 is 0 Å². The van der Waals surface area contributed by atoms with Gasteiger partial charge in [0.05, 0.1) is 6.54 Å². The minimum atomic E-state index is -0.974. The van der Waals surface area contributed by atoms with Crippen LogP contribution in [-0.2, 0) is 12.0 Å². The maximum atomic E-state index is 12.1. The van der Waals surface area contributed by atoms with Gasteiger partial charge in [0.2, 0.25) is 0 Å². The molecule has 108 valence electrons. The molecule has 0 aromatic heterocycles. The minimum absolute atomic E-state index is 0.204. The number of rotatable bonds is 3. The van der Waals surface area contributed by atoms with Crippen LogP contribution in [0.4, 0.5) is 0 Å². The monoisotopic (exact) mass is 301 g/mol. The van der Waals surface area contributed by atoms with E-state index in [9.17, 15) is 9.90 Å². The zero-order valence-corrected chi connectivity index (χ0v) is 12.2. The van der Waals surface area contributed by atoms with Gasteiger partial charge in [-0.2, -0.15) is 0 Å². The molecule has 2 N–H and O–H groups in total. The van der Waals surface area contributed by atoms with Crippen LogP contribution < -0.4 is 5.32 Å². The second-order valence-corrected chi connectivity index (χ2v) is 5.81. The van der Waals surface area contributed by atoms with E-state index >= 15 is 0 Å². The molecule has 3 nitrogen and oxygen atoms in total. The Morgan fingerprint density at radius 1 is 1.19 bits per heavy atom. The van der Waals surface area contributed by atoms with Crippen molar-refractivity contribution >= 4 is 17.5 Å². The van der Waals surface area contributed by atoms with E-state index in [1.165, 1.54) is 0 Å². The topological polar surface area (TPSA) is 49.3 Å². The van der Waals surface area contributed by atoms with Crippen LogP contribution in [0.3, 0.4) is 0 Å². The SMILES string of the molecule is O=C(NC[C@@]1(O)CCc2ccccc21)c1ccc(Cl)cc1. The average Bonchev–Trinajstić information content (AvgIpc) is 2.84. The van der Waals surface area contributed by atoms with Crippen molar-refractivity contribution in [2.75, 3.05) is 6.54 Å². The molecule has 3 rings (SSSR count). The Morgan fingerprint density at radius 3 is 2.67 bits per heavy atom. The fourth-order valence-corrected chi connectivity index (χ4v) is 2.91. The third-order valence-corrected chi connectivity index (χ3v) is 4.23. The number of hydrogen-bond acceptors (Lipinski definition) is 2. The van der Waals surface area contributed by atoms with Gasteiger partial charge in [0.1, 0.15) is 5.60 Å². The molecule has 0 radical (unpaired) electrons. The van der Waals surface area contributed by atoms with Crippen molar-refractivity contribution in [1.82, 2.24) is 5.32 Å². The molecule has 0 spiro atoms. The van der Waals surface area contributed by atoms with Crippen LogP contribution in [0.25, 0.3) is 0 Å². The highest BCUT2D eigenvalue weighted by atomic mass is 35.5. The summed E-state index contributed by atoms with van der Waals surface area (Å²) in [5.41, 5.74) is 1.63. The molecule has 0 saturated heterocycles. The Labute approximate surface area is 128 Å². The number of benzene rings is 2. The number of carbonyl (C=O) groups is 1. The fraction of sp³-hybridized carbons (Fsp3) is 0.235. The van der Waals surface area contributed by atoms with Crippen LogP contribution >= 0.6 is 11.6 Å². The summed E-state index contributed by atoms with van der Waals surface area (Å²) in [5, 5.41) is 14.1. The van der Waals surface area contributed by atoms with Gasteiger partial charge in [-0.25, -0.2) is 0 Å². The number of halogens is 1. The van der Waals surface area contributed by atoms with Crippen LogP contribution in [0.2, 0.25) is 5.02 Å². The largest absolute Gasteiger partial charge is 0.383 e. The summed E-state index contributed by atoms with van der Waals surface area (Å²) in [5.74, 6) is -0.204. The van der Waals surface area contributed by atoms with Crippen LogP contribution in [-0.4, -0.2) is 17.6 Å². The number of fused-ring (bicyclic) bond motifs is 1. The van der Waals surface area contributed by atoms with Gasteiger partial charge < -0.3 is 10.4 Å². The summed E-state index contributed by atoms with van der Waals surface area (Å²) in [6.07, 6.45) is 1.47. The van der Waals surface area contributed by atoms with E-state index in [2.05, 4.69) is 5.32 Å². The van der Waals surface area contributed by atoms with E-state index in [0.29, 0.717) is 17.0 Å². The molecule has 2 aromatic rings. The van der Waals surface area contributed by atoms with Gasteiger partial charge in [-0.05, 0) is 48.2 Å². The third-order valence-electron chi connectivity index (χ3n) is 3.97. The molecule has 2 aromatic carbocycles. The zero-order valence-electron chi connectivity index (χ0n) is 11.5. The second-order valence-electron chi connectivity index (χ2n) is 5.38. The summed E-state index contributed by atoms with van der Waals surface area (Å²) in [6, 6.07) is 14.5. The van der Waals surface area contributed by atoms with E-state index < -0.39 is 5.60 Å². The summed E-state index contributed by atoms with van der Waals surface area (Å²) in [7, 11) is 0. The van der Waals surface area contributed by atoms with Crippen molar-refractivity contribution in [3.05, 3.63) is 70.2 Å². The molecule has 21 heavy (non-hydrogen) atoms. The Bertz CT molecular complexity index is 669. The highest BCUT2D eigenvalue weighted by Gasteiger charge is 2.36. The van der Waals surface area contributed by atoms with Crippen molar-refractivity contribution in [2.45, 2.75) is 18.4 Å². The first kappa shape index (κ1) is 14.1. The van der Waals surface area contributed by atoms with Crippen LogP contribution in [0.1, 0.15) is 27.9 Å². The quantitative estimate of drug-likeness (QED) is 0.916. The number of aliphatic hydroxyl groups is 1. The predicted molar refractivity (Wildman–Crippen MR) is 82.4 cm³/mol. The first-order chi connectivity index (χ1) is 10.1. The number of amides is 1. The number of nitrogens with one attached hydrogen (secondary N) is 1. The Balaban J connectivity index is 1.71. The molecule has 0 fully saturated rings. The van der Waals surface area contributed by atoms with Crippen molar-refractivity contribution in [2.24, 2.45) is 0 Å². The van der Waals surface area contributed by atoms with E-state index in [1.54, 1.807) is 24.3 Å². The molecule has 1 aliphatic carbocycles. The van der Waals surface area contributed by atoms with Gasteiger partial charge in [-0.15, -0.1) is 0 Å². The molecule has 0 aliphatic heterocycles. The Hall–Kier alpha value is -1.84. The van der Waals surface area contributed by atoms with Crippen LogP contribution in [0.15, 0.2) is 48.5 Å². The second kappa shape index (κ2) is 5.51. The lowest BCUT2D eigenvalue weighted by Gasteiger charge is -2.24. The van der Waals surface area contributed by atoms with Crippen molar-refractivity contribution in [1.29, 1.82) is 0 Å². The Morgan fingerprint density at radius 2 is 1.90 bits per heavy atom. The summed E-state index contributed by atoms with van der Waals surface area (Å²) in [4.78, 5) is 12.1. The number of hydrogen-bond donors (Lipinski definition) is 2. The molecule has 0 unspecified atom stereocenters. The molecular weight excluding hydrogens is 286 g/mol. The molecule has 0 saturated carbocycles. The molecule has 4 heteroatoms. The number of carbonyl (C=O) groups excluding carboxylic acids is 1. The number of aryl methyl sites for hydroxylation is 1. The third kappa shape index (κ3) is 2.80. The normalized spacial score (nSPS) is 20.1.